The number of carbonyl (C=O) groups excluding carboxylic acids is 2. The van der Waals surface area contributed by atoms with Crippen LogP contribution in [-0.4, -0.2) is 74.6 Å². The molecule has 8 nitrogen and oxygen atoms in total. The number of amides is 1. The molecule has 1 heterocycles. The molecule has 0 saturated carbocycles. The number of hydrogen-bond acceptors (Lipinski definition) is 7. The molecular weight excluding hydrogens is 460 g/mol. The van der Waals surface area contributed by atoms with Crippen molar-refractivity contribution in [2.75, 3.05) is 48.0 Å². The molecule has 0 aromatic heterocycles. The van der Waals surface area contributed by atoms with Crippen LogP contribution in [0.3, 0.4) is 0 Å². The van der Waals surface area contributed by atoms with Gasteiger partial charge in [-0.05, 0) is 63.8 Å². The van der Waals surface area contributed by atoms with Gasteiger partial charge in [-0.3, -0.25) is 9.59 Å². The highest BCUT2D eigenvalue weighted by Gasteiger charge is 2.47. The van der Waals surface area contributed by atoms with Gasteiger partial charge in [0.1, 0.15) is 11.5 Å². The standard InChI is InChI=1S/C28H36N2O6/c1-6-7-18-36-20-14-12-19(13-15-20)25(31)23-24(21-10-8-11-22(34-4)27(21)35-5)30(28(33)26(23)32)17-9-16-29(2)3/h8,10-15,24,31H,6-7,9,16-18H2,1-5H3/b25-23+/t24-/m1/s1. The van der Waals surface area contributed by atoms with E-state index in [1.165, 1.54) is 19.1 Å². The van der Waals surface area contributed by atoms with Crippen LogP contribution >= 0.6 is 0 Å². The molecule has 1 saturated heterocycles. The van der Waals surface area contributed by atoms with Crippen LogP contribution in [0.1, 0.15) is 43.4 Å². The first kappa shape index (κ1) is 27.1. The average molecular weight is 497 g/mol. The van der Waals surface area contributed by atoms with Crippen molar-refractivity contribution < 1.29 is 28.9 Å². The number of aliphatic hydroxyl groups excluding tert-OH is 1. The first-order valence-corrected chi connectivity index (χ1v) is 12.2. The summed E-state index contributed by atoms with van der Waals surface area (Å²) < 4.78 is 16.8. The zero-order valence-corrected chi connectivity index (χ0v) is 21.7. The maximum atomic E-state index is 13.3. The van der Waals surface area contributed by atoms with Crippen molar-refractivity contribution in [2.24, 2.45) is 0 Å². The highest BCUT2D eigenvalue weighted by Crippen LogP contribution is 2.45. The van der Waals surface area contributed by atoms with Crippen LogP contribution in [0.4, 0.5) is 0 Å². The Hall–Kier alpha value is -3.52. The van der Waals surface area contributed by atoms with Crippen molar-refractivity contribution in [1.82, 2.24) is 9.80 Å². The molecule has 2 aromatic carbocycles. The predicted octanol–water partition coefficient (Wildman–Crippen LogP) is 4.26. The zero-order valence-electron chi connectivity index (χ0n) is 21.7. The molecule has 0 spiro atoms. The maximum absolute atomic E-state index is 13.3. The molecule has 36 heavy (non-hydrogen) atoms. The van der Waals surface area contributed by atoms with E-state index in [1.807, 2.05) is 19.0 Å². The van der Waals surface area contributed by atoms with Crippen molar-refractivity contribution in [3.05, 3.63) is 59.2 Å². The number of methoxy groups -OCH3 is 2. The van der Waals surface area contributed by atoms with Gasteiger partial charge < -0.3 is 29.1 Å². The van der Waals surface area contributed by atoms with E-state index in [-0.39, 0.29) is 11.3 Å². The molecule has 1 atom stereocenters. The minimum absolute atomic E-state index is 0.0241. The molecule has 1 amide bonds. The summed E-state index contributed by atoms with van der Waals surface area (Å²) in [6.07, 6.45) is 2.63. The lowest BCUT2D eigenvalue weighted by atomic mass is 9.94. The Labute approximate surface area is 213 Å². The summed E-state index contributed by atoms with van der Waals surface area (Å²) >= 11 is 0. The number of ether oxygens (including phenoxy) is 3. The normalized spacial score (nSPS) is 17.1. The Morgan fingerprint density at radius 2 is 1.75 bits per heavy atom. The van der Waals surface area contributed by atoms with Crippen LogP contribution in [0.5, 0.6) is 17.2 Å². The quantitative estimate of drug-likeness (QED) is 0.203. The molecule has 2 aromatic rings. The minimum Gasteiger partial charge on any atom is -0.507 e. The number of hydrogen-bond donors (Lipinski definition) is 1. The summed E-state index contributed by atoms with van der Waals surface area (Å²) in [5.74, 6) is -0.0497. The van der Waals surface area contributed by atoms with Crippen LogP contribution in [0, 0.1) is 0 Å². The van der Waals surface area contributed by atoms with E-state index in [0.717, 1.165) is 19.4 Å². The molecule has 0 aliphatic carbocycles. The Kier molecular flexibility index (Phi) is 9.36. The SMILES string of the molecule is CCCCOc1ccc(/C(O)=C2\C(=O)C(=O)N(CCCN(C)C)[C@@H]2c2cccc(OC)c2OC)cc1. The van der Waals surface area contributed by atoms with E-state index < -0.39 is 17.7 Å². The first-order chi connectivity index (χ1) is 17.3. The van der Waals surface area contributed by atoms with Gasteiger partial charge in [0, 0.05) is 17.7 Å². The van der Waals surface area contributed by atoms with Crippen LogP contribution < -0.4 is 14.2 Å². The smallest absolute Gasteiger partial charge is 0.295 e. The summed E-state index contributed by atoms with van der Waals surface area (Å²) in [6, 6.07) is 11.4. The highest BCUT2D eigenvalue weighted by molar-refractivity contribution is 6.46. The second-order valence-corrected chi connectivity index (χ2v) is 8.96. The summed E-state index contributed by atoms with van der Waals surface area (Å²) in [6.45, 7) is 3.78. The lowest BCUT2D eigenvalue weighted by Gasteiger charge is -2.27. The number of benzene rings is 2. The number of ketones is 1. The van der Waals surface area contributed by atoms with E-state index in [9.17, 15) is 14.7 Å². The molecule has 0 radical (unpaired) electrons. The molecule has 0 bridgehead atoms. The molecule has 8 heteroatoms. The van der Waals surface area contributed by atoms with Crippen LogP contribution in [0.15, 0.2) is 48.0 Å². The third-order valence-electron chi connectivity index (χ3n) is 6.17. The summed E-state index contributed by atoms with van der Waals surface area (Å²) in [5, 5.41) is 11.3. The van der Waals surface area contributed by atoms with Gasteiger partial charge in [0.15, 0.2) is 11.5 Å². The molecule has 1 aliphatic heterocycles. The number of carbonyl (C=O) groups is 2. The Morgan fingerprint density at radius 1 is 1.03 bits per heavy atom. The van der Waals surface area contributed by atoms with E-state index in [2.05, 4.69) is 6.92 Å². The number of nitrogens with zero attached hydrogens (tertiary/aromatic N) is 2. The van der Waals surface area contributed by atoms with Gasteiger partial charge in [-0.1, -0.05) is 25.5 Å². The molecule has 0 unspecified atom stereocenters. The van der Waals surface area contributed by atoms with Crippen molar-refractivity contribution in [3.8, 4) is 17.2 Å². The topological polar surface area (TPSA) is 88.5 Å². The number of aliphatic hydroxyl groups is 1. The van der Waals surface area contributed by atoms with E-state index in [1.54, 1.807) is 42.5 Å². The van der Waals surface area contributed by atoms with Gasteiger partial charge in [-0.25, -0.2) is 0 Å². The number of unbranched alkanes of at least 4 members (excludes halogenated alkanes) is 1. The number of likely N-dealkylation sites (tertiary alicyclic amines) is 1. The number of Topliss-reactive ketones (excluding diaryl/α,β-unsaturated/α-hetero) is 1. The maximum Gasteiger partial charge on any atom is 0.295 e. The summed E-state index contributed by atoms with van der Waals surface area (Å²) in [5.41, 5.74) is 1.02. The third kappa shape index (κ3) is 5.82. The van der Waals surface area contributed by atoms with Gasteiger partial charge >= 0.3 is 0 Å². The van der Waals surface area contributed by atoms with Crippen molar-refractivity contribution in [3.63, 3.8) is 0 Å². The first-order valence-electron chi connectivity index (χ1n) is 12.2. The zero-order chi connectivity index (χ0) is 26.2. The van der Waals surface area contributed by atoms with Gasteiger partial charge in [0.25, 0.3) is 11.7 Å². The second-order valence-electron chi connectivity index (χ2n) is 8.96. The predicted molar refractivity (Wildman–Crippen MR) is 139 cm³/mol. The molecular formula is C28H36N2O6. The fraction of sp³-hybridized carbons (Fsp3) is 0.429. The fourth-order valence-electron chi connectivity index (χ4n) is 4.32. The van der Waals surface area contributed by atoms with Crippen LogP contribution in [-0.2, 0) is 9.59 Å². The minimum atomic E-state index is -0.822. The average Bonchev–Trinajstić information content (AvgIpc) is 3.13. The summed E-state index contributed by atoms with van der Waals surface area (Å²) in [4.78, 5) is 30.0. The molecule has 3 rings (SSSR count). The van der Waals surface area contributed by atoms with Gasteiger partial charge in [-0.2, -0.15) is 0 Å². The Balaban J connectivity index is 2.08. The Morgan fingerprint density at radius 3 is 2.36 bits per heavy atom. The second kappa shape index (κ2) is 12.4. The molecule has 194 valence electrons. The van der Waals surface area contributed by atoms with Crippen LogP contribution in [0.2, 0.25) is 0 Å². The monoisotopic (exact) mass is 496 g/mol. The number of para-hydroxylation sites is 1. The van der Waals surface area contributed by atoms with Crippen molar-refractivity contribution in [2.45, 2.75) is 32.2 Å². The van der Waals surface area contributed by atoms with Crippen molar-refractivity contribution >= 4 is 17.4 Å². The lowest BCUT2D eigenvalue weighted by molar-refractivity contribution is -0.140. The van der Waals surface area contributed by atoms with E-state index in [4.69, 9.17) is 14.2 Å². The van der Waals surface area contributed by atoms with Crippen molar-refractivity contribution in [1.29, 1.82) is 0 Å². The summed E-state index contributed by atoms with van der Waals surface area (Å²) in [7, 11) is 6.94. The largest absolute Gasteiger partial charge is 0.507 e. The lowest BCUT2D eigenvalue weighted by Crippen LogP contribution is -2.32. The fourth-order valence-corrected chi connectivity index (χ4v) is 4.32. The molecule has 1 N–H and O–H groups in total. The molecule has 1 aliphatic rings. The van der Waals surface area contributed by atoms with E-state index in [0.29, 0.717) is 47.9 Å². The number of rotatable bonds is 12. The van der Waals surface area contributed by atoms with Gasteiger partial charge in [0.2, 0.25) is 0 Å². The van der Waals surface area contributed by atoms with E-state index >= 15 is 0 Å². The third-order valence-corrected chi connectivity index (χ3v) is 6.17. The highest BCUT2D eigenvalue weighted by atomic mass is 16.5. The Bertz CT molecular complexity index is 1090. The van der Waals surface area contributed by atoms with Gasteiger partial charge in [0.05, 0.1) is 32.4 Å². The van der Waals surface area contributed by atoms with Gasteiger partial charge in [-0.15, -0.1) is 0 Å². The van der Waals surface area contributed by atoms with Crippen LogP contribution in [0.25, 0.3) is 5.76 Å². The molecule has 1 fully saturated rings.